The van der Waals surface area contributed by atoms with Crippen LogP contribution < -0.4 is 5.73 Å². The number of carbonyl (C=O) groups is 2. The molecule has 0 bridgehead atoms. The van der Waals surface area contributed by atoms with Crippen LogP contribution in [0, 0.1) is 50.2 Å². The van der Waals surface area contributed by atoms with Crippen LogP contribution in [0.1, 0.15) is 189 Å². The maximum Gasteiger partial charge on any atom is 0.317 e. The van der Waals surface area contributed by atoms with Crippen LogP contribution in [-0.2, 0) is 113 Å². The molecule has 16 unspecified atom stereocenters. The van der Waals surface area contributed by atoms with Crippen molar-refractivity contribution in [1.82, 2.24) is 0 Å². The summed E-state index contributed by atoms with van der Waals surface area (Å²) in [6.45, 7) is 35.6. The third kappa shape index (κ3) is 17.8. The topological polar surface area (TPSA) is 199 Å². The van der Waals surface area contributed by atoms with Crippen LogP contribution in [0.4, 0.5) is 0 Å². The second kappa shape index (κ2) is 36.7. The fourth-order valence-corrected chi connectivity index (χ4v) is 28.9. The lowest BCUT2D eigenvalue weighted by Gasteiger charge is -2.72. The van der Waals surface area contributed by atoms with Crippen LogP contribution in [0.2, 0.25) is 36.3 Å². The SMILES string of the molecule is CC[Si](CC)(CC)OC1CC2(C)C(=CCC3C4(C)CC[C@H](O[Si](CC)(CC)CC)C(C)(C=O)C4CCC32C)C2CC(C)(C)CC[C@]12C(=O)O[C@@H]1OC(COCc2ccccc2)[C@H](N)C(OCc2ccccc2)C1O[C@@H]1OC(C)[C@H](O[C@@H]2OC[C@@H](OCc3ccccc3)C(OCc3ccccc3)C2OCc2ccccc2)C2OC(C)(C)OC21. The number of nitrogens with two attached hydrogens (primary N) is 1. The lowest BCUT2D eigenvalue weighted by molar-refractivity contribution is -0.365. The van der Waals surface area contributed by atoms with Gasteiger partial charge in [0, 0.05) is 0 Å². The number of carbonyl (C=O) groups excluding carboxylic acids is 2. The Balaban J connectivity index is 0.825. The van der Waals surface area contributed by atoms with Gasteiger partial charge in [-0.3, -0.25) is 4.79 Å². The van der Waals surface area contributed by atoms with Gasteiger partial charge in [0.15, 0.2) is 41.1 Å². The van der Waals surface area contributed by atoms with E-state index in [-0.39, 0.29) is 85.7 Å². The Kier molecular flexibility index (Phi) is 27.6. The van der Waals surface area contributed by atoms with Crippen molar-refractivity contribution in [3.8, 4) is 0 Å². The zero-order chi connectivity index (χ0) is 82.8. The van der Waals surface area contributed by atoms with E-state index in [1.165, 1.54) is 11.9 Å². The summed E-state index contributed by atoms with van der Waals surface area (Å²) in [4.78, 5) is 31.8. The van der Waals surface area contributed by atoms with E-state index in [0.29, 0.717) is 19.4 Å². The molecule has 4 saturated carbocycles. The average Bonchev–Trinajstić information content (AvgIpc) is 0.861. The van der Waals surface area contributed by atoms with Gasteiger partial charge in [-0.25, -0.2) is 0 Å². The number of fused-ring (bicyclic) bond motifs is 8. The molecule has 0 amide bonds. The molecule has 117 heavy (non-hydrogen) atoms. The summed E-state index contributed by atoms with van der Waals surface area (Å²) in [5.41, 5.74) is 11.2. The van der Waals surface area contributed by atoms with Gasteiger partial charge in [-0.05, 0) is 182 Å². The molecule has 5 aromatic rings. The number of esters is 1. The molecule has 9 aliphatic rings. The molecule has 14 rings (SSSR count). The molecule has 0 aromatic heterocycles. The molecule has 5 aromatic carbocycles. The summed E-state index contributed by atoms with van der Waals surface area (Å²) in [6, 6.07) is 55.1. The highest BCUT2D eigenvalue weighted by atomic mass is 28.4. The van der Waals surface area contributed by atoms with Crippen molar-refractivity contribution in [3.05, 3.63) is 191 Å². The highest BCUT2D eigenvalue weighted by Gasteiger charge is 2.74. The molecular weight excluding hydrogens is 1510 g/mol. The van der Waals surface area contributed by atoms with Crippen molar-refractivity contribution < 1.29 is 80.0 Å². The van der Waals surface area contributed by atoms with Gasteiger partial charge in [0.25, 0.3) is 0 Å². The van der Waals surface area contributed by atoms with E-state index >= 15 is 4.79 Å². The second-order valence-electron chi connectivity index (χ2n) is 38.0. The summed E-state index contributed by atoms with van der Waals surface area (Å²) >= 11 is 0. The van der Waals surface area contributed by atoms with Crippen LogP contribution in [0.15, 0.2) is 163 Å². The molecule has 20 heteroatoms. The van der Waals surface area contributed by atoms with Gasteiger partial charge in [-0.15, -0.1) is 0 Å². The highest BCUT2D eigenvalue weighted by molar-refractivity contribution is 6.74. The summed E-state index contributed by atoms with van der Waals surface area (Å²) in [7, 11) is -4.63. The molecule has 640 valence electrons. The first kappa shape index (κ1) is 88.1. The van der Waals surface area contributed by atoms with Crippen molar-refractivity contribution in [2.24, 2.45) is 56.0 Å². The standard InChI is InChI=1S/C97H137NO17Si2/c1-16-116(17-2,18-3)114-77-50-51-93(12)75(94(77,13)64-99)49-52-95(14)76(93)48-47-71-72-55-91(8,9)53-54-97(72,78(56-96(71,95)15)115-117(19-4,20-5)21-6)90(100)111-88-85(82(104-60-69-43-33-25-34-44-69)79(98)73(108-88)62-101-57-66-37-27-22-28-38-66)110-89-86-83(112-92(10,11)113-86)80(65(7)107-89)109-87-84(105-61-70-45-35-26-36-46-70)81(103-59-68-41-31-24-32-42-68)74(63-106-87)102-58-67-39-29-23-30-40-67/h22-47,64-65,72-89H,16-21,48-63,98H2,1-15H3/t65?,72?,73?,74-,75?,76?,77+,78?,79+,80+,81?,82?,83?,84?,85?,86?,87+,88+,89+,93?,94?,95?,96?,97-/m1/s1. The van der Waals surface area contributed by atoms with E-state index in [2.05, 4.69) is 89.2 Å². The summed E-state index contributed by atoms with van der Waals surface area (Å²) in [6.07, 6.45) is -1.68. The minimum atomic E-state index is -2.56. The molecular formula is C97H137NO17Si2. The molecule has 4 aliphatic heterocycles. The van der Waals surface area contributed by atoms with E-state index in [4.69, 9.17) is 76.2 Å². The third-order valence-electron chi connectivity index (χ3n) is 30.6. The van der Waals surface area contributed by atoms with E-state index in [0.717, 1.165) is 109 Å². The Morgan fingerprint density at radius 1 is 0.521 bits per heavy atom. The fraction of sp³-hybridized carbons (Fsp3) is 0.649. The zero-order valence-electron chi connectivity index (χ0n) is 72.6. The van der Waals surface area contributed by atoms with E-state index in [1.807, 2.05) is 172 Å². The highest BCUT2D eigenvalue weighted by Crippen LogP contribution is 2.77. The molecule has 18 nitrogen and oxygen atoms in total. The van der Waals surface area contributed by atoms with E-state index in [1.54, 1.807) is 0 Å². The van der Waals surface area contributed by atoms with Crippen molar-refractivity contribution in [2.45, 2.75) is 335 Å². The molecule has 8 fully saturated rings. The molecule has 4 heterocycles. The van der Waals surface area contributed by atoms with Crippen molar-refractivity contribution >= 4 is 28.9 Å². The van der Waals surface area contributed by atoms with Gasteiger partial charge < -0.3 is 81.0 Å². The largest absolute Gasteiger partial charge is 0.432 e. The van der Waals surface area contributed by atoms with Gasteiger partial charge in [0.1, 0.15) is 55.1 Å². The van der Waals surface area contributed by atoms with Crippen LogP contribution in [-0.4, -0.2) is 146 Å². The van der Waals surface area contributed by atoms with Gasteiger partial charge in [-0.1, -0.05) is 246 Å². The number of benzene rings is 5. The first-order valence-corrected chi connectivity index (χ1v) is 49.6. The Hall–Kier alpha value is -5.19. The lowest BCUT2D eigenvalue weighted by atomic mass is 9.33. The minimum absolute atomic E-state index is 0.0413. The zero-order valence-corrected chi connectivity index (χ0v) is 74.6. The number of allylic oxidation sites excluding steroid dienone is 2. The molecule has 5 aliphatic carbocycles. The number of rotatable bonds is 33. The number of hydrogen-bond donors (Lipinski definition) is 1. The van der Waals surface area contributed by atoms with Crippen LogP contribution in [0.3, 0.4) is 0 Å². The minimum Gasteiger partial charge on any atom is -0.432 e. The second-order valence-corrected chi connectivity index (χ2v) is 47.5. The first-order valence-electron chi connectivity index (χ1n) is 44.5. The molecule has 24 atom stereocenters. The Bertz CT molecular complexity index is 4050. The van der Waals surface area contributed by atoms with Crippen LogP contribution >= 0.6 is 0 Å². The maximum absolute atomic E-state index is 17.6. The quantitative estimate of drug-likeness (QED) is 0.0180. The number of hydrogen-bond acceptors (Lipinski definition) is 18. The molecule has 0 radical (unpaired) electrons. The average molecular weight is 1650 g/mol. The van der Waals surface area contributed by atoms with Crippen LogP contribution in [0.25, 0.3) is 0 Å². The molecule has 2 N–H and O–H groups in total. The predicted octanol–water partition coefficient (Wildman–Crippen LogP) is 18.9. The monoisotopic (exact) mass is 1640 g/mol. The number of ether oxygens (including phenoxy) is 13. The Labute approximate surface area is 700 Å². The van der Waals surface area contributed by atoms with Gasteiger partial charge in [-0.2, -0.15) is 0 Å². The van der Waals surface area contributed by atoms with Gasteiger partial charge >= 0.3 is 5.97 Å². The molecule has 4 saturated heterocycles. The summed E-state index contributed by atoms with van der Waals surface area (Å²) in [5, 5.41) is 0. The summed E-state index contributed by atoms with van der Waals surface area (Å²) in [5.74, 6) is -1.42. The summed E-state index contributed by atoms with van der Waals surface area (Å²) < 4.78 is 109. The van der Waals surface area contributed by atoms with E-state index < -0.39 is 131 Å². The van der Waals surface area contributed by atoms with Gasteiger partial charge in [0.05, 0.1) is 81.4 Å². The Morgan fingerprint density at radius 2 is 1.03 bits per heavy atom. The normalized spacial score (nSPS) is 37.1. The Morgan fingerprint density at radius 3 is 1.57 bits per heavy atom. The van der Waals surface area contributed by atoms with Crippen molar-refractivity contribution in [3.63, 3.8) is 0 Å². The maximum atomic E-state index is 17.6. The number of aldehydes is 1. The smallest absolute Gasteiger partial charge is 0.317 e. The van der Waals surface area contributed by atoms with Crippen molar-refractivity contribution in [1.29, 1.82) is 0 Å². The van der Waals surface area contributed by atoms with Crippen LogP contribution in [0.5, 0.6) is 0 Å². The first-order chi connectivity index (χ1) is 56.2. The van der Waals surface area contributed by atoms with Crippen molar-refractivity contribution in [2.75, 3.05) is 13.2 Å². The fourth-order valence-electron chi connectivity index (χ4n) is 23.1. The lowest BCUT2D eigenvalue weighted by Crippen LogP contribution is -2.70. The van der Waals surface area contributed by atoms with Gasteiger partial charge in [0.2, 0.25) is 6.29 Å². The predicted molar refractivity (Wildman–Crippen MR) is 456 cm³/mol. The third-order valence-corrected chi connectivity index (χ3v) is 39.9. The van der Waals surface area contributed by atoms with E-state index in [9.17, 15) is 4.79 Å². The molecule has 0 spiro atoms.